The van der Waals surface area contributed by atoms with Gasteiger partial charge in [-0.15, -0.1) is 0 Å². The zero-order valence-electron chi connectivity index (χ0n) is 11.9. The van der Waals surface area contributed by atoms with Crippen molar-refractivity contribution in [2.45, 2.75) is 0 Å². The number of carbonyl (C=O) groups is 2. The van der Waals surface area contributed by atoms with Crippen LogP contribution in [0.4, 0.5) is 0 Å². The van der Waals surface area contributed by atoms with Gasteiger partial charge >= 0.3 is 5.97 Å². The van der Waals surface area contributed by atoms with E-state index in [-0.39, 0.29) is 18.0 Å². The largest absolute Gasteiger partial charge is 0.461 e. The molecule has 1 aromatic rings. The van der Waals surface area contributed by atoms with Crippen LogP contribution in [0.1, 0.15) is 10.4 Å². The van der Waals surface area contributed by atoms with Crippen LogP contribution >= 0.6 is 0 Å². The van der Waals surface area contributed by atoms with E-state index in [4.69, 9.17) is 4.74 Å². The zero-order valence-corrected chi connectivity index (χ0v) is 11.9. The molecule has 0 aromatic heterocycles. The lowest BCUT2D eigenvalue weighted by Crippen LogP contribution is -2.29. The normalized spacial score (nSPS) is 10.2. The summed E-state index contributed by atoms with van der Waals surface area (Å²) in [7, 11) is 3.78. The van der Waals surface area contributed by atoms with Crippen molar-refractivity contribution in [1.82, 2.24) is 10.2 Å². The Kier molecular flexibility index (Phi) is 6.46. The molecule has 0 bridgehead atoms. The Morgan fingerprint density at radius 1 is 1.25 bits per heavy atom. The van der Waals surface area contributed by atoms with E-state index >= 15 is 0 Å². The van der Waals surface area contributed by atoms with Crippen LogP contribution in [-0.4, -0.2) is 50.6 Å². The highest BCUT2D eigenvalue weighted by molar-refractivity contribution is 5.95. The van der Waals surface area contributed by atoms with E-state index in [1.807, 2.05) is 25.1 Å². The third kappa shape index (κ3) is 5.67. The van der Waals surface area contributed by atoms with Crippen LogP contribution < -0.4 is 5.32 Å². The fraction of sp³-hybridized carbons (Fsp3) is 0.333. The van der Waals surface area contributed by atoms with Crippen molar-refractivity contribution in [2.24, 2.45) is 0 Å². The number of carbonyl (C=O) groups excluding carboxylic acids is 2. The Morgan fingerprint density at radius 2 is 1.90 bits per heavy atom. The van der Waals surface area contributed by atoms with Gasteiger partial charge in [0.1, 0.15) is 6.61 Å². The summed E-state index contributed by atoms with van der Waals surface area (Å²) in [6.07, 6.45) is 0. The number of hydrogen-bond donors (Lipinski definition) is 1. The molecule has 0 unspecified atom stereocenters. The maximum Gasteiger partial charge on any atom is 0.335 e. The molecule has 1 aromatic carbocycles. The number of rotatable bonds is 7. The van der Waals surface area contributed by atoms with Gasteiger partial charge < -0.3 is 15.0 Å². The van der Waals surface area contributed by atoms with E-state index in [0.29, 0.717) is 18.7 Å². The molecule has 0 atom stereocenters. The summed E-state index contributed by atoms with van der Waals surface area (Å²) in [5, 5.41) is 2.63. The molecule has 0 saturated heterocycles. The van der Waals surface area contributed by atoms with E-state index in [9.17, 15) is 9.59 Å². The summed E-state index contributed by atoms with van der Waals surface area (Å²) in [5.41, 5.74) is 0.773. The lowest BCUT2D eigenvalue weighted by atomic mass is 10.2. The summed E-state index contributed by atoms with van der Waals surface area (Å²) in [5.74, 6) is -0.729. The quantitative estimate of drug-likeness (QED) is 0.598. The lowest BCUT2D eigenvalue weighted by molar-refractivity contribution is -0.139. The van der Waals surface area contributed by atoms with Crippen molar-refractivity contribution >= 4 is 11.9 Å². The maximum atomic E-state index is 11.8. The monoisotopic (exact) mass is 276 g/mol. The average molecular weight is 276 g/mol. The third-order valence-corrected chi connectivity index (χ3v) is 2.56. The van der Waals surface area contributed by atoms with Crippen LogP contribution in [0.2, 0.25) is 0 Å². The molecule has 5 nitrogen and oxygen atoms in total. The third-order valence-electron chi connectivity index (χ3n) is 2.56. The standard InChI is InChI=1S/C15H20N2O3/c1-12(15(19)20-10-9-17(2)3)11-16-14(18)13-7-5-4-6-8-13/h4-8H,1,9-11H2,2-3H3,(H,16,18). The number of esters is 1. The van der Waals surface area contributed by atoms with Crippen LogP contribution in [0, 0.1) is 0 Å². The van der Waals surface area contributed by atoms with Gasteiger partial charge in [0, 0.05) is 24.2 Å². The smallest absolute Gasteiger partial charge is 0.335 e. The molecule has 108 valence electrons. The van der Waals surface area contributed by atoms with Gasteiger partial charge in [-0.05, 0) is 26.2 Å². The number of likely N-dealkylation sites (N-methyl/N-ethyl adjacent to an activating group) is 1. The lowest BCUT2D eigenvalue weighted by Gasteiger charge is -2.11. The van der Waals surface area contributed by atoms with Crippen molar-refractivity contribution < 1.29 is 14.3 Å². The molecule has 0 aliphatic heterocycles. The first-order valence-electron chi connectivity index (χ1n) is 6.33. The van der Waals surface area contributed by atoms with Gasteiger partial charge in [0.25, 0.3) is 5.91 Å². The van der Waals surface area contributed by atoms with Gasteiger partial charge in [0.05, 0.1) is 0 Å². The highest BCUT2D eigenvalue weighted by Crippen LogP contribution is 1.99. The van der Waals surface area contributed by atoms with E-state index in [2.05, 4.69) is 11.9 Å². The molecule has 0 spiro atoms. The summed E-state index contributed by atoms with van der Waals surface area (Å²) in [4.78, 5) is 25.3. The van der Waals surface area contributed by atoms with E-state index in [0.717, 1.165) is 0 Å². The molecule has 0 saturated carbocycles. The Labute approximate surface area is 119 Å². The maximum absolute atomic E-state index is 11.8. The molecule has 0 radical (unpaired) electrons. The van der Waals surface area contributed by atoms with Gasteiger partial charge in [-0.1, -0.05) is 24.8 Å². The second-order valence-corrected chi connectivity index (χ2v) is 4.59. The number of nitrogens with zero attached hydrogens (tertiary/aromatic N) is 1. The molecule has 5 heteroatoms. The van der Waals surface area contributed by atoms with Crippen LogP contribution in [0.5, 0.6) is 0 Å². The van der Waals surface area contributed by atoms with Crippen molar-refractivity contribution in [1.29, 1.82) is 0 Å². The summed E-state index contributed by atoms with van der Waals surface area (Å²) >= 11 is 0. The Hall–Kier alpha value is -2.14. The van der Waals surface area contributed by atoms with Gasteiger partial charge in [-0.3, -0.25) is 4.79 Å². The van der Waals surface area contributed by atoms with E-state index < -0.39 is 5.97 Å². The molecule has 0 aliphatic carbocycles. The van der Waals surface area contributed by atoms with Crippen LogP contribution in [-0.2, 0) is 9.53 Å². The van der Waals surface area contributed by atoms with E-state index in [1.165, 1.54) is 0 Å². The van der Waals surface area contributed by atoms with Crippen LogP contribution in [0.25, 0.3) is 0 Å². The number of nitrogens with one attached hydrogen (secondary N) is 1. The number of benzene rings is 1. The zero-order chi connectivity index (χ0) is 15.0. The van der Waals surface area contributed by atoms with Crippen LogP contribution in [0.15, 0.2) is 42.5 Å². The molecule has 0 aliphatic rings. The van der Waals surface area contributed by atoms with Crippen molar-refractivity contribution in [3.05, 3.63) is 48.0 Å². The SMILES string of the molecule is C=C(CNC(=O)c1ccccc1)C(=O)OCCN(C)C. The minimum absolute atomic E-state index is 0.0779. The molecular weight excluding hydrogens is 256 g/mol. The number of amides is 1. The van der Waals surface area contributed by atoms with Gasteiger partial charge in [-0.2, -0.15) is 0 Å². The van der Waals surface area contributed by atoms with Crippen molar-refractivity contribution in [2.75, 3.05) is 33.8 Å². The summed E-state index contributed by atoms with van der Waals surface area (Å²) in [6, 6.07) is 8.79. The molecule has 0 fully saturated rings. The Bertz CT molecular complexity index is 469. The second-order valence-electron chi connectivity index (χ2n) is 4.59. The van der Waals surface area contributed by atoms with Gasteiger partial charge in [-0.25, -0.2) is 4.79 Å². The molecule has 1 rings (SSSR count). The minimum atomic E-state index is -0.486. The highest BCUT2D eigenvalue weighted by Gasteiger charge is 2.11. The highest BCUT2D eigenvalue weighted by atomic mass is 16.5. The molecule has 1 amide bonds. The Morgan fingerprint density at radius 3 is 2.50 bits per heavy atom. The molecule has 20 heavy (non-hydrogen) atoms. The first-order valence-corrected chi connectivity index (χ1v) is 6.33. The fourth-order valence-corrected chi connectivity index (χ4v) is 1.37. The molecule has 0 heterocycles. The number of ether oxygens (including phenoxy) is 1. The van der Waals surface area contributed by atoms with Crippen molar-refractivity contribution in [3.8, 4) is 0 Å². The fourth-order valence-electron chi connectivity index (χ4n) is 1.37. The minimum Gasteiger partial charge on any atom is -0.461 e. The molecule has 1 N–H and O–H groups in total. The van der Waals surface area contributed by atoms with Crippen LogP contribution in [0.3, 0.4) is 0 Å². The summed E-state index contributed by atoms with van der Waals surface area (Å²) < 4.78 is 5.02. The predicted octanol–water partition coefficient (Wildman–Crippen LogP) is 1.08. The average Bonchev–Trinajstić information content (AvgIpc) is 2.44. The first-order chi connectivity index (χ1) is 9.50. The van der Waals surface area contributed by atoms with Crippen molar-refractivity contribution in [3.63, 3.8) is 0 Å². The topological polar surface area (TPSA) is 58.6 Å². The number of hydrogen-bond acceptors (Lipinski definition) is 4. The molecular formula is C15H20N2O3. The Balaban J connectivity index is 2.32. The van der Waals surface area contributed by atoms with Gasteiger partial charge in [0.2, 0.25) is 0 Å². The van der Waals surface area contributed by atoms with E-state index in [1.54, 1.807) is 24.3 Å². The first kappa shape index (κ1) is 15.9. The van der Waals surface area contributed by atoms with Gasteiger partial charge in [0.15, 0.2) is 0 Å². The predicted molar refractivity (Wildman–Crippen MR) is 77.4 cm³/mol. The second kappa shape index (κ2) is 8.12. The summed E-state index contributed by atoms with van der Waals surface area (Å²) in [6.45, 7) is 4.64.